The monoisotopic (exact) mass is 240 g/mol. The molecule has 0 unspecified atom stereocenters. The van der Waals surface area contributed by atoms with Gasteiger partial charge in [0.25, 0.3) is 0 Å². The number of fused-ring (bicyclic) bond motifs is 1. The maximum absolute atomic E-state index is 2.29. The van der Waals surface area contributed by atoms with Gasteiger partial charge in [-0.3, -0.25) is 0 Å². The summed E-state index contributed by atoms with van der Waals surface area (Å²) in [6.07, 6.45) is 4.21. The van der Waals surface area contributed by atoms with Crippen LogP contribution in [-0.2, 0) is 0 Å². The molecule has 0 saturated carbocycles. The lowest BCUT2D eigenvalue weighted by molar-refractivity contribution is 0.869. The van der Waals surface area contributed by atoms with Gasteiger partial charge < -0.3 is 0 Å². The highest BCUT2D eigenvalue weighted by Gasteiger charge is 2.00. The van der Waals surface area contributed by atoms with Gasteiger partial charge in [-0.1, -0.05) is 70.2 Å². The molecule has 0 fully saturated rings. The van der Waals surface area contributed by atoms with Crippen molar-refractivity contribution in [1.29, 1.82) is 0 Å². The van der Waals surface area contributed by atoms with E-state index in [0.717, 1.165) is 0 Å². The molecule has 0 N–H and O–H groups in total. The lowest BCUT2D eigenvalue weighted by Gasteiger charge is -2.07. The summed E-state index contributed by atoms with van der Waals surface area (Å²) in [5, 5.41) is 2.65. The van der Waals surface area contributed by atoms with Gasteiger partial charge in [0, 0.05) is 0 Å². The van der Waals surface area contributed by atoms with E-state index in [9.17, 15) is 0 Å². The Balaban J connectivity index is 0.000000771. The Morgan fingerprint density at radius 3 is 2.11 bits per heavy atom. The van der Waals surface area contributed by atoms with Gasteiger partial charge in [0.15, 0.2) is 0 Å². The number of allylic oxidation sites excluding steroid dienone is 1. The van der Waals surface area contributed by atoms with Crippen molar-refractivity contribution in [3.63, 3.8) is 0 Å². The highest BCUT2D eigenvalue weighted by Crippen LogP contribution is 2.22. The zero-order chi connectivity index (χ0) is 13.5. The summed E-state index contributed by atoms with van der Waals surface area (Å²) in [6, 6.07) is 13.4. The summed E-state index contributed by atoms with van der Waals surface area (Å²) in [4.78, 5) is 0. The maximum atomic E-state index is 2.29. The number of benzene rings is 2. The van der Waals surface area contributed by atoms with Gasteiger partial charge >= 0.3 is 0 Å². The second kappa shape index (κ2) is 7.00. The fraction of sp³-hybridized carbons (Fsp3) is 0.333. The summed E-state index contributed by atoms with van der Waals surface area (Å²) in [7, 11) is 0. The Labute approximate surface area is 111 Å². The van der Waals surface area contributed by atoms with Gasteiger partial charge in [-0.05, 0) is 40.8 Å². The summed E-state index contributed by atoms with van der Waals surface area (Å²) in [6.45, 7) is 10.5. The zero-order valence-electron chi connectivity index (χ0n) is 12.2. The fourth-order valence-electron chi connectivity index (χ4n) is 1.94. The minimum Gasteiger partial charge on any atom is -0.0871 e. The van der Waals surface area contributed by atoms with Gasteiger partial charge in [-0.2, -0.15) is 0 Å². The molecule has 0 atom stereocenters. The molecular formula is C18H24. The summed E-state index contributed by atoms with van der Waals surface area (Å²) >= 11 is 0. The summed E-state index contributed by atoms with van der Waals surface area (Å²) in [5.41, 5.74) is 2.68. The minimum absolute atomic E-state index is 0.597. The topological polar surface area (TPSA) is 0 Å². The lowest BCUT2D eigenvalue weighted by atomic mass is 9.98. The largest absolute Gasteiger partial charge is 0.0871 e. The molecule has 0 aliphatic rings. The van der Waals surface area contributed by atoms with E-state index >= 15 is 0 Å². The van der Waals surface area contributed by atoms with Crippen LogP contribution in [0.3, 0.4) is 0 Å². The molecule has 0 radical (unpaired) electrons. The Morgan fingerprint density at radius 1 is 0.889 bits per heavy atom. The number of hydrogen-bond acceptors (Lipinski definition) is 0. The van der Waals surface area contributed by atoms with Crippen molar-refractivity contribution < 1.29 is 0 Å². The van der Waals surface area contributed by atoms with Gasteiger partial charge in [-0.25, -0.2) is 0 Å². The normalized spacial score (nSPS) is 10.8. The first-order chi connectivity index (χ1) is 8.70. The molecule has 0 nitrogen and oxygen atoms in total. The molecule has 0 aliphatic carbocycles. The van der Waals surface area contributed by atoms with Crippen LogP contribution in [0, 0.1) is 0 Å². The van der Waals surface area contributed by atoms with Crippen LogP contribution < -0.4 is 0 Å². The zero-order valence-corrected chi connectivity index (χ0v) is 12.2. The van der Waals surface area contributed by atoms with E-state index < -0.39 is 0 Å². The first-order valence-corrected chi connectivity index (χ1v) is 6.87. The second-order valence-corrected chi connectivity index (χ2v) is 4.52. The van der Waals surface area contributed by atoms with E-state index in [4.69, 9.17) is 0 Å². The SMILES string of the molecule is C/C=C/c1ccc2cc(C(C)C)ccc2c1.CC. The Kier molecular flexibility index (Phi) is 5.64. The molecule has 96 valence electrons. The predicted molar refractivity (Wildman–Crippen MR) is 84.1 cm³/mol. The van der Waals surface area contributed by atoms with Crippen molar-refractivity contribution in [2.45, 2.75) is 40.5 Å². The molecule has 0 spiro atoms. The van der Waals surface area contributed by atoms with Crippen LogP contribution in [-0.4, -0.2) is 0 Å². The third kappa shape index (κ3) is 3.46. The van der Waals surface area contributed by atoms with E-state index in [2.05, 4.69) is 62.4 Å². The van der Waals surface area contributed by atoms with E-state index in [0.29, 0.717) is 5.92 Å². The van der Waals surface area contributed by atoms with Crippen LogP contribution in [0.5, 0.6) is 0 Å². The molecule has 2 rings (SSSR count). The minimum atomic E-state index is 0.597. The number of rotatable bonds is 2. The third-order valence-corrected chi connectivity index (χ3v) is 2.91. The molecular weight excluding hydrogens is 216 g/mol. The van der Waals surface area contributed by atoms with Crippen LogP contribution in [0.2, 0.25) is 0 Å². The molecule has 0 heterocycles. The Bertz CT molecular complexity index is 519. The molecule has 2 aromatic carbocycles. The molecule has 0 aromatic heterocycles. The van der Waals surface area contributed by atoms with Gasteiger partial charge in [0.05, 0.1) is 0 Å². The molecule has 18 heavy (non-hydrogen) atoms. The smallest absolute Gasteiger partial charge is 0.0178 e. The highest BCUT2D eigenvalue weighted by atomic mass is 14.1. The van der Waals surface area contributed by atoms with Crippen LogP contribution >= 0.6 is 0 Å². The van der Waals surface area contributed by atoms with Crippen molar-refractivity contribution in [2.24, 2.45) is 0 Å². The van der Waals surface area contributed by atoms with Crippen molar-refractivity contribution in [2.75, 3.05) is 0 Å². The highest BCUT2D eigenvalue weighted by molar-refractivity contribution is 5.85. The first-order valence-electron chi connectivity index (χ1n) is 6.87. The average molecular weight is 240 g/mol. The lowest BCUT2D eigenvalue weighted by Crippen LogP contribution is -1.86. The third-order valence-electron chi connectivity index (χ3n) is 2.91. The van der Waals surface area contributed by atoms with Crippen LogP contribution in [0.1, 0.15) is 51.7 Å². The van der Waals surface area contributed by atoms with Gasteiger partial charge in [0.2, 0.25) is 0 Å². The van der Waals surface area contributed by atoms with Crippen molar-refractivity contribution in [3.8, 4) is 0 Å². The standard InChI is InChI=1S/C16H18.C2H6/c1-4-5-13-6-7-16-11-14(12(2)3)8-9-15(16)10-13;1-2/h4-12H,1-3H3;1-2H3/b5-4+;. The van der Waals surface area contributed by atoms with Crippen LogP contribution in [0.15, 0.2) is 42.5 Å². The molecule has 0 amide bonds. The van der Waals surface area contributed by atoms with E-state index in [-0.39, 0.29) is 0 Å². The van der Waals surface area contributed by atoms with Crippen LogP contribution in [0.25, 0.3) is 16.8 Å². The van der Waals surface area contributed by atoms with Gasteiger partial charge in [0.1, 0.15) is 0 Å². The maximum Gasteiger partial charge on any atom is -0.0178 e. The molecule has 0 aliphatic heterocycles. The predicted octanol–water partition coefficient (Wildman–Crippen LogP) is 6.02. The first kappa shape index (κ1) is 14.5. The van der Waals surface area contributed by atoms with Crippen molar-refractivity contribution >= 4 is 16.8 Å². The van der Waals surface area contributed by atoms with E-state index in [1.54, 1.807) is 0 Å². The average Bonchev–Trinajstić information content (AvgIpc) is 2.40. The quantitative estimate of drug-likeness (QED) is 0.602. The van der Waals surface area contributed by atoms with E-state index in [1.165, 1.54) is 21.9 Å². The molecule has 0 heteroatoms. The fourth-order valence-corrected chi connectivity index (χ4v) is 1.94. The van der Waals surface area contributed by atoms with Crippen molar-refractivity contribution in [1.82, 2.24) is 0 Å². The molecule has 2 aromatic rings. The summed E-state index contributed by atoms with van der Waals surface area (Å²) in [5.74, 6) is 0.597. The summed E-state index contributed by atoms with van der Waals surface area (Å²) < 4.78 is 0. The van der Waals surface area contributed by atoms with E-state index in [1.807, 2.05) is 20.8 Å². The Morgan fingerprint density at radius 2 is 1.50 bits per heavy atom. The second-order valence-electron chi connectivity index (χ2n) is 4.52. The van der Waals surface area contributed by atoms with Crippen molar-refractivity contribution in [3.05, 3.63) is 53.6 Å². The molecule has 0 saturated heterocycles. The number of hydrogen-bond donors (Lipinski definition) is 0. The Hall–Kier alpha value is -1.56. The molecule has 0 bridgehead atoms. The van der Waals surface area contributed by atoms with Crippen LogP contribution in [0.4, 0.5) is 0 Å². The van der Waals surface area contributed by atoms with Gasteiger partial charge in [-0.15, -0.1) is 0 Å².